The Morgan fingerprint density at radius 3 is 1.95 bits per heavy atom. The number of aliphatic hydroxyl groups is 1. The molecule has 20 heavy (non-hydrogen) atoms. The first-order valence-electron chi connectivity index (χ1n) is 5.90. The minimum Gasteiger partial charge on any atom is -0.478 e. The third-order valence-electron chi connectivity index (χ3n) is 1.59. The SMILES string of the molecule is C=C(C)C(=O)OCCOCCOCCO.C=CC(=O)O. The molecule has 0 aromatic rings. The van der Waals surface area contributed by atoms with E-state index in [0.717, 1.165) is 6.08 Å². The van der Waals surface area contributed by atoms with Crippen LogP contribution in [-0.4, -0.2) is 61.8 Å². The molecular formula is C13H22O7. The maximum atomic E-state index is 10.9. The molecule has 116 valence electrons. The number of ether oxygens (including phenoxy) is 3. The van der Waals surface area contributed by atoms with Gasteiger partial charge in [0.2, 0.25) is 0 Å². The Morgan fingerprint density at radius 1 is 1.10 bits per heavy atom. The first-order valence-corrected chi connectivity index (χ1v) is 5.90. The van der Waals surface area contributed by atoms with Crippen molar-refractivity contribution in [2.24, 2.45) is 0 Å². The minimum absolute atomic E-state index is 0.0101. The van der Waals surface area contributed by atoms with Gasteiger partial charge in [0.15, 0.2) is 0 Å². The van der Waals surface area contributed by atoms with Gasteiger partial charge in [-0.2, -0.15) is 0 Å². The zero-order valence-electron chi connectivity index (χ0n) is 11.7. The van der Waals surface area contributed by atoms with E-state index in [0.29, 0.717) is 32.0 Å². The molecule has 0 saturated carbocycles. The Hall–Kier alpha value is -1.70. The average molecular weight is 290 g/mol. The topological polar surface area (TPSA) is 102 Å². The van der Waals surface area contributed by atoms with Crippen LogP contribution in [0, 0.1) is 0 Å². The van der Waals surface area contributed by atoms with Gasteiger partial charge in [-0.05, 0) is 6.92 Å². The van der Waals surface area contributed by atoms with Crippen LogP contribution in [0.3, 0.4) is 0 Å². The van der Waals surface area contributed by atoms with Crippen LogP contribution in [0.4, 0.5) is 0 Å². The summed E-state index contributed by atoms with van der Waals surface area (Å²) in [5.74, 6) is -1.39. The fourth-order valence-corrected chi connectivity index (χ4v) is 0.703. The fourth-order valence-electron chi connectivity index (χ4n) is 0.703. The van der Waals surface area contributed by atoms with Crippen LogP contribution in [0.1, 0.15) is 6.92 Å². The second-order valence-electron chi connectivity index (χ2n) is 3.41. The van der Waals surface area contributed by atoms with Gasteiger partial charge in [-0.25, -0.2) is 9.59 Å². The molecule has 0 aliphatic carbocycles. The normalized spacial score (nSPS) is 9.10. The maximum absolute atomic E-state index is 10.9. The molecule has 0 aromatic carbocycles. The van der Waals surface area contributed by atoms with Crippen molar-refractivity contribution >= 4 is 11.9 Å². The Kier molecular flexibility index (Phi) is 15.8. The summed E-state index contributed by atoms with van der Waals surface area (Å²) in [5.41, 5.74) is 0.376. The van der Waals surface area contributed by atoms with Crippen molar-refractivity contribution in [2.45, 2.75) is 6.92 Å². The second-order valence-corrected chi connectivity index (χ2v) is 3.41. The lowest BCUT2D eigenvalue weighted by molar-refractivity contribution is -0.140. The first-order chi connectivity index (χ1) is 9.45. The number of carboxylic acids is 1. The molecule has 0 fully saturated rings. The molecule has 0 rings (SSSR count). The van der Waals surface area contributed by atoms with E-state index < -0.39 is 11.9 Å². The first kappa shape index (κ1) is 20.6. The molecule has 0 amide bonds. The summed E-state index contributed by atoms with van der Waals surface area (Å²) in [6.45, 7) is 9.71. The fraction of sp³-hybridized carbons (Fsp3) is 0.538. The van der Waals surface area contributed by atoms with Crippen LogP contribution in [0.2, 0.25) is 0 Å². The molecule has 0 spiro atoms. The van der Waals surface area contributed by atoms with Crippen LogP contribution in [0.15, 0.2) is 24.8 Å². The zero-order valence-corrected chi connectivity index (χ0v) is 11.7. The van der Waals surface area contributed by atoms with Gasteiger partial charge < -0.3 is 24.4 Å². The van der Waals surface area contributed by atoms with E-state index in [-0.39, 0.29) is 13.2 Å². The van der Waals surface area contributed by atoms with E-state index >= 15 is 0 Å². The summed E-state index contributed by atoms with van der Waals surface area (Å²) in [6.07, 6.45) is 0.833. The lowest BCUT2D eigenvalue weighted by atomic mass is 10.4. The highest BCUT2D eigenvalue weighted by atomic mass is 16.6. The monoisotopic (exact) mass is 290 g/mol. The predicted molar refractivity (Wildman–Crippen MR) is 72.3 cm³/mol. The molecule has 0 saturated heterocycles. The van der Waals surface area contributed by atoms with Crippen molar-refractivity contribution in [3.05, 3.63) is 24.8 Å². The predicted octanol–water partition coefficient (Wildman–Crippen LogP) is 0.388. The zero-order chi connectivity index (χ0) is 15.8. The van der Waals surface area contributed by atoms with E-state index in [2.05, 4.69) is 13.2 Å². The van der Waals surface area contributed by atoms with Gasteiger partial charge in [0, 0.05) is 11.6 Å². The number of carbonyl (C=O) groups excluding carboxylic acids is 1. The Balaban J connectivity index is 0. The summed E-state index contributed by atoms with van der Waals surface area (Å²) in [4.78, 5) is 20.1. The summed E-state index contributed by atoms with van der Waals surface area (Å²) in [5, 5.41) is 16.0. The maximum Gasteiger partial charge on any atom is 0.333 e. The molecule has 0 aliphatic rings. The molecule has 0 bridgehead atoms. The van der Waals surface area contributed by atoms with E-state index in [4.69, 9.17) is 24.4 Å². The van der Waals surface area contributed by atoms with Gasteiger partial charge in [-0.1, -0.05) is 13.2 Å². The summed E-state index contributed by atoms with van der Waals surface area (Å²) >= 11 is 0. The Morgan fingerprint density at radius 2 is 1.55 bits per heavy atom. The van der Waals surface area contributed by atoms with Gasteiger partial charge in [-0.15, -0.1) is 0 Å². The van der Waals surface area contributed by atoms with Crippen LogP contribution in [-0.2, 0) is 23.8 Å². The molecule has 0 aromatic heterocycles. The van der Waals surface area contributed by atoms with Gasteiger partial charge in [0.05, 0.1) is 33.0 Å². The highest BCUT2D eigenvalue weighted by Crippen LogP contribution is 1.91. The number of rotatable bonds is 10. The molecule has 2 N–H and O–H groups in total. The molecule has 7 heteroatoms. The van der Waals surface area contributed by atoms with Gasteiger partial charge in [0.1, 0.15) is 6.61 Å². The van der Waals surface area contributed by atoms with Crippen LogP contribution < -0.4 is 0 Å². The quantitative estimate of drug-likeness (QED) is 0.341. The van der Waals surface area contributed by atoms with E-state index in [9.17, 15) is 9.59 Å². The van der Waals surface area contributed by atoms with Crippen LogP contribution in [0.5, 0.6) is 0 Å². The number of aliphatic carboxylic acids is 1. The van der Waals surface area contributed by atoms with Crippen LogP contribution >= 0.6 is 0 Å². The van der Waals surface area contributed by atoms with Crippen LogP contribution in [0.25, 0.3) is 0 Å². The van der Waals surface area contributed by atoms with E-state index in [1.807, 2.05) is 0 Å². The number of carboxylic acid groups (broad SMARTS) is 1. The van der Waals surface area contributed by atoms with Crippen molar-refractivity contribution in [1.82, 2.24) is 0 Å². The van der Waals surface area contributed by atoms with Crippen molar-refractivity contribution in [3.63, 3.8) is 0 Å². The largest absolute Gasteiger partial charge is 0.478 e. The number of hydrogen-bond donors (Lipinski definition) is 2. The molecule has 7 nitrogen and oxygen atoms in total. The molecular weight excluding hydrogens is 268 g/mol. The number of aliphatic hydroxyl groups excluding tert-OH is 1. The lowest BCUT2D eigenvalue weighted by Crippen LogP contribution is -2.13. The molecule has 0 aliphatic heterocycles. The van der Waals surface area contributed by atoms with Crippen molar-refractivity contribution in [2.75, 3.05) is 39.6 Å². The van der Waals surface area contributed by atoms with E-state index in [1.54, 1.807) is 6.92 Å². The van der Waals surface area contributed by atoms with Gasteiger partial charge in [0.25, 0.3) is 0 Å². The molecule has 0 unspecified atom stereocenters. The Labute approximate surface area is 118 Å². The van der Waals surface area contributed by atoms with Gasteiger partial charge in [-0.3, -0.25) is 0 Å². The van der Waals surface area contributed by atoms with Crippen molar-refractivity contribution in [3.8, 4) is 0 Å². The second kappa shape index (κ2) is 15.4. The third-order valence-corrected chi connectivity index (χ3v) is 1.59. The molecule has 0 atom stereocenters. The number of hydrogen-bond acceptors (Lipinski definition) is 6. The summed E-state index contributed by atoms with van der Waals surface area (Å²) in [7, 11) is 0. The smallest absolute Gasteiger partial charge is 0.333 e. The molecule has 0 radical (unpaired) electrons. The highest BCUT2D eigenvalue weighted by Gasteiger charge is 2.01. The standard InChI is InChI=1S/C10H18O5.C3H4O2/c1-9(2)10(12)15-8-7-14-6-5-13-4-3-11;1-2-3(4)5/h11H,1,3-8H2,2H3;2H,1H2,(H,4,5). The molecule has 0 heterocycles. The van der Waals surface area contributed by atoms with Crippen molar-refractivity contribution in [1.29, 1.82) is 0 Å². The number of esters is 1. The van der Waals surface area contributed by atoms with E-state index in [1.165, 1.54) is 0 Å². The third kappa shape index (κ3) is 18.7. The summed E-state index contributed by atoms with van der Waals surface area (Å²) < 4.78 is 14.8. The highest BCUT2D eigenvalue weighted by molar-refractivity contribution is 5.86. The van der Waals surface area contributed by atoms with Gasteiger partial charge >= 0.3 is 11.9 Å². The van der Waals surface area contributed by atoms with Crippen molar-refractivity contribution < 1.29 is 34.0 Å². The lowest BCUT2D eigenvalue weighted by Gasteiger charge is -2.05. The average Bonchev–Trinajstić information content (AvgIpc) is 2.42. The summed E-state index contributed by atoms with van der Waals surface area (Å²) in [6, 6.07) is 0. The minimum atomic E-state index is -0.981. The Bertz CT molecular complexity index is 299. The number of carbonyl (C=O) groups is 2.